The highest BCUT2D eigenvalue weighted by atomic mass is 32.2. The Kier molecular flexibility index (Phi) is 4.62. The van der Waals surface area contributed by atoms with Crippen LogP contribution in [0.25, 0.3) is 0 Å². The van der Waals surface area contributed by atoms with Gasteiger partial charge in [-0.05, 0) is 37.1 Å². The van der Waals surface area contributed by atoms with Gasteiger partial charge in [-0.25, -0.2) is 4.39 Å². The van der Waals surface area contributed by atoms with Gasteiger partial charge in [-0.2, -0.15) is 0 Å². The van der Waals surface area contributed by atoms with Crippen LogP contribution in [0.5, 0.6) is 0 Å². The van der Waals surface area contributed by atoms with Crippen LogP contribution in [0.15, 0.2) is 21.4 Å². The SMILES string of the molecule is Cc1cc(Sc2nnc(N(C)C)s2)c([C@H](C)N)cc1F. The second-order valence-corrected chi connectivity index (χ2v) is 7.02. The van der Waals surface area contributed by atoms with Crippen LogP contribution in [0.1, 0.15) is 24.1 Å². The molecular formula is C13H17FN4S2. The first-order valence-corrected chi connectivity index (χ1v) is 7.76. The molecule has 7 heteroatoms. The summed E-state index contributed by atoms with van der Waals surface area (Å²) in [5.74, 6) is -0.229. The maximum Gasteiger partial charge on any atom is 0.208 e. The summed E-state index contributed by atoms with van der Waals surface area (Å²) in [5.41, 5.74) is 7.32. The third kappa shape index (κ3) is 3.28. The molecule has 1 aromatic carbocycles. The fourth-order valence-corrected chi connectivity index (χ4v) is 3.66. The Morgan fingerprint density at radius 2 is 2.05 bits per heavy atom. The van der Waals surface area contributed by atoms with Crippen molar-refractivity contribution in [3.8, 4) is 0 Å². The van der Waals surface area contributed by atoms with Crippen LogP contribution in [0.3, 0.4) is 0 Å². The quantitative estimate of drug-likeness (QED) is 0.939. The standard InChI is InChI=1S/C13H17FN4S2/c1-7-5-11(9(8(2)15)6-10(7)14)19-13-17-16-12(20-13)18(3)4/h5-6,8H,15H2,1-4H3/t8-/m0/s1. The Balaban J connectivity index is 2.34. The average Bonchev–Trinajstić information content (AvgIpc) is 2.82. The predicted molar refractivity (Wildman–Crippen MR) is 82.1 cm³/mol. The number of anilines is 1. The highest BCUT2D eigenvalue weighted by Crippen LogP contribution is 2.37. The normalized spacial score (nSPS) is 12.5. The summed E-state index contributed by atoms with van der Waals surface area (Å²) in [6, 6.07) is 3.10. The van der Waals surface area contributed by atoms with Crippen molar-refractivity contribution in [2.24, 2.45) is 5.73 Å². The van der Waals surface area contributed by atoms with Crippen LogP contribution >= 0.6 is 23.1 Å². The molecule has 2 rings (SSSR count). The number of hydrogen-bond donors (Lipinski definition) is 1. The number of aromatic nitrogens is 2. The second kappa shape index (κ2) is 6.07. The lowest BCUT2D eigenvalue weighted by Gasteiger charge is -2.12. The van der Waals surface area contributed by atoms with Gasteiger partial charge in [-0.15, -0.1) is 10.2 Å². The van der Waals surface area contributed by atoms with E-state index >= 15 is 0 Å². The van der Waals surface area contributed by atoms with E-state index in [1.54, 1.807) is 6.92 Å². The fraction of sp³-hybridized carbons (Fsp3) is 0.385. The van der Waals surface area contributed by atoms with E-state index in [-0.39, 0.29) is 11.9 Å². The number of aryl methyl sites for hydroxylation is 1. The maximum absolute atomic E-state index is 13.7. The third-order valence-corrected chi connectivity index (χ3v) is 4.97. The lowest BCUT2D eigenvalue weighted by molar-refractivity contribution is 0.610. The minimum absolute atomic E-state index is 0.228. The molecular weight excluding hydrogens is 295 g/mol. The van der Waals surface area contributed by atoms with E-state index in [2.05, 4.69) is 10.2 Å². The Hall–Kier alpha value is -1.18. The molecule has 1 heterocycles. The number of hydrogen-bond acceptors (Lipinski definition) is 6. The molecule has 2 N–H and O–H groups in total. The molecule has 0 bridgehead atoms. The van der Waals surface area contributed by atoms with Crippen molar-refractivity contribution in [2.45, 2.75) is 29.1 Å². The minimum Gasteiger partial charge on any atom is -0.353 e. The largest absolute Gasteiger partial charge is 0.353 e. The van der Waals surface area contributed by atoms with Crippen LogP contribution < -0.4 is 10.6 Å². The smallest absolute Gasteiger partial charge is 0.208 e. The predicted octanol–water partition coefficient (Wildman–Crippen LogP) is 3.22. The summed E-state index contributed by atoms with van der Waals surface area (Å²) in [6.07, 6.45) is 0. The van der Waals surface area contributed by atoms with Gasteiger partial charge in [0.15, 0.2) is 4.34 Å². The lowest BCUT2D eigenvalue weighted by Crippen LogP contribution is -2.07. The molecule has 0 unspecified atom stereocenters. The van der Waals surface area contributed by atoms with Gasteiger partial charge >= 0.3 is 0 Å². The summed E-state index contributed by atoms with van der Waals surface area (Å²) in [7, 11) is 3.84. The van der Waals surface area contributed by atoms with E-state index in [9.17, 15) is 4.39 Å². The van der Waals surface area contributed by atoms with Gasteiger partial charge in [0.2, 0.25) is 5.13 Å². The summed E-state index contributed by atoms with van der Waals surface area (Å²) >= 11 is 2.97. The number of nitrogens with two attached hydrogens (primary N) is 1. The zero-order valence-electron chi connectivity index (χ0n) is 11.8. The summed E-state index contributed by atoms with van der Waals surface area (Å²) in [4.78, 5) is 2.84. The highest BCUT2D eigenvalue weighted by molar-refractivity contribution is 8.01. The van der Waals surface area contributed by atoms with Crippen LogP contribution in [0, 0.1) is 12.7 Å². The first kappa shape index (κ1) is 15.2. The molecule has 0 fully saturated rings. The van der Waals surface area contributed by atoms with E-state index in [1.807, 2.05) is 32.0 Å². The Labute approximate surface area is 126 Å². The number of rotatable bonds is 4. The van der Waals surface area contributed by atoms with Gasteiger partial charge in [-0.1, -0.05) is 23.1 Å². The molecule has 4 nitrogen and oxygen atoms in total. The molecule has 0 radical (unpaired) electrons. The number of benzene rings is 1. The second-order valence-electron chi connectivity index (χ2n) is 4.77. The van der Waals surface area contributed by atoms with Crippen molar-refractivity contribution in [1.82, 2.24) is 10.2 Å². The van der Waals surface area contributed by atoms with Gasteiger partial charge in [-0.3, -0.25) is 0 Å². The summed E-state index contributed by atoms with van der Waals surface area (Å²) in [6.45, 7) is 3.59. The topological polar surface area (TPSA) is 55.0 Å². The van der Waals surface area contributed by atoms with Crippen LogP contribution in [-0.4, -0.2) is 24.3 Å². The van der Waals surface area contributed by atoms with Crippen molar-refractivity contribution in [3.05, 3.63) is 29.1 Å². The highest BCUT2D eigenvalue weighted by Gasteiger charge is 2.15. The van der Waals surface area contributed by atoms with Crippen molar-refractivity contribution in [2.75, 3.05) is 19.0 Å². The molecule has 0 spiro atoms. The maximum atomic E-state index is 13.7. The molecule has 0 amide bonds. The van der Waals surface area contributed by atoms with Gasteiger partial charge in [0.1, 0.15) is 5.82 Å². The van der Waals surface area contributed by atoms with Gasteiger partial charge in [0.05, 0.1) is 0 Å². The molecule has 0 saturated heterocycles. The first-order valence-electron chi connectivity index (χ1n) is 6.12. The third-order valence-electron chi connectivity index (χ3n) is 2.76. The molecule has 0 aliphatic heterocycles. The van der Waals surface area contributed by atoms with Gasteiger partial charge < -0.3 is 10.6 Å². The number of halogens is 1. The Bertz CT molecular complexity index is 610. The van der Waals surface area contributed by atoms with Crippen molar-refractivity contribution < 1.29 is 4.39 Å². The van der Waals surface area contributed by atoms with E-state index < -0.39 is 0 Å². The van der Waals surface area contributed by atoms with Crippen LogP contribution in [0.4, 0.5) is 9.52 Å². The zero-order chi connectivity index (χ0) is 14.9. The van der Waals surface area contributed by atoms with E-state index in [1.165, 1.54) is 29.2 Å². The monoisotopic (exact) mass is 312 g/mol. The fourth-order valence-electron chi connectivity index (χ4n) is 1.63. The summed E-state index contributed by atoms with van der Waals surface area (Å²) in [5, 5.41) is 9.08. The van der Waals surface area contributed by atoms with Crippen LogP contribution in [-0.2, 0) is 0 Å². The van der Waals surface area contributed by atoms with Gasteiger partial charge in [0.25, 0.3) is 0 Å². The average molecular weight is 312 g/mol. The molecule has 2 aromatic rings. The molecule has 20 heavy (non-hydrogen) atoms. The molecule has 0 saturated carbocycles. The van der Waals surface area contributed by atoms with Crippen molar-refractivity contribution in [3.63, 3.8) is 0 Å². The minimum atomic E-state index is -0.229. The zero-order valence-corrected chi connectivity index (χ0v) is 13.5. The van der Waals surface area contributed by atoms with Gasteiger partial charge in [0, 0.05) is 25.0 Å². The summed E-state index contributed by atoms with van der Waals surface area (Å²) < 4.78 is 14.5. The van der Waals surface area contributed by atoms with Crippen LogP contribution in [0.2, 0.25) is 0 Å². The lowest BCUT2D eigenvalue weighted by atomic mass is 10.1. The van der Waals surface area contributed by atoms with Crippen molar-refractivity contribution in [1.29, 1.82) is 0 Å². The molecule has 0 aliphatic rings. The first-order chi connectivity index (χ1) is 9.38. The molecule has 0 aliphatic carbocycles. The molecule has 108 valence electrons. The molecule has 1 aromatic heterocycles. The Morgan fingerprint density at radius 1 is 1.35 bits per heavy atom. The van der Waals surface area contributed by atoms with E-state index in [4.69, 9.17) is 5.73 Å². The molecule has 1 atom stereocenters. The van der Waals surface area contributed by atoms with E-state index in [0.29, 0.717) is 5.56 Å². The van der Waals surface area contributed by atoms with E-state index in [0.717, 1.165) is 19.9 Å². The Morgan fingerprint density at radius 3 is 2.60 bits per heavy atom. The number of nitrogens with zero attached hydrogens (tertiary/aromatic N) is 3. The van der Waals surface area contributed by atoms with Crippen molar-refractivity contribution >= 4 is 28.2 Å².